The third-order valence-electron chi connectivity index (χ3n) is 3.16. The number of carbonyl (C=O) groups is 1. The molecule has 5 nitrogen and oxygen atoms in total. The van der Waals surface area contributed by atoms with Gasteiger partial charge in [-0.05, 0) is 44.0 Å². The first-order chi connectivity index (χ1) is 10.1. The van der Waals surface area contributed by atoms with Crippen LogP contribution in [0.3, 0.4) is 0 Å². The van der Waals surface area contributed by atoms with E-state index in [2.05, 4.69) is 10.3 Å². The van der Waals surface area contributed by atoms with Gasteiger partial charge in [-0.15, -0.1) is 0 Å². The molecule has 1 amide bonds. The zero-order valence-corrected chi connectivity index (χ0v) is 12.0. The minimum Gasteiger partial charge on any atom is -0.364 e. The number of pyridine rings is 1. The van der Waals surface area contributed by atoms with E-state index in [-0.39, 0.29) is 11.0 Å². The van der Waals surface area contributed by atoms with Crippen LogP contribution in [0.2, 0.25) is 0 Å². The smallest absolute Gasteiger partial charge is 0.261 e. The molecule has 0 aliphatic rings. The van der Waals surface area contributed by atoms with Gasteiger partial charge in [-0.1, -0.05) is 12.1 Å². The Morgan fingerprint density at radius 2 is 2.14 bits per heavy atom. The lowest BCUT2D eigenvalue weighted by molar-refractivity contribution is 0.102. The van der Waals surface area contributed by atoms with E-state index in [0.717, 1.165) is 24.1 Å². The molecule has 0 aliphatic carbocycles. The number of benzene rings is 1. The summed E-state index contributed by atoms with van der Waals surface area (Å²) in [7, 11) is 0. The van der Waals surface area contributed by atoms with Gasteiger partial charge in [0.15, 0.2) is 5.43 Å². The van der Waals surface area contributed by atoms with E-state index in [1.807, 2.05) is 18.2 Å². The summed E-state index contributed by atoms with van der Waals surface area (Å²) in [5, 5.41) is 2.75. The minimum atomic E-state index is -0.410. The molecule has 1 heterocycles. The Balaban J connectivity index is 2.14. The van der Waals surface area contributed by atoms with Crippen molar-refractivity contribution in [1.82, 2.24) is 4.98 Å². The normalized spacial score (nSPS) is 10.4. The van der Waals surface area contributed by atoms with Crippen molar-refractivity contribution < 1.29 is 4.79 Å². The van der Waals surface area contributed by atoms with E-state index in [4.69, 9.17) is 5.73 Å². The highest BCUT2D eigenvalue weighted by atomic mass is 16.2. The van der Waals surface area contributed by atoms with Gasteiger partial charge in [-0.3, -0.25) is 9.59 Å². The van der Waals surface area contributed by atoms with Crippen molar-refractivity contribution in [2.75, 3.05) is 11.9 Å². The van der Waals surface area contributed by atoms with Gasteiger partial charge < -0.3 is 16.0 Å². The molecule has 0 radical (unpaired) electrons. The molecule has 0 aliphatic heterocycles. The average molecular weight is 285 g/mol. The Morgan fingerprint density at radius 1 is 1.33 bits per heavy atom. The maximum absolute atomic E-state index is 12.1. The third-order valence-corrected chi connectivity index (χ3v) is 3.16. The number of anilines is 1. The Bertz CT molecular complexity index is 692. The number of aryl methyl sites for hydroxylation is 2. The Hall–Kier alpha value is -2.40. The predicted octanol–water partition coefficient (Wildman–Crippen LogP) is 1.83. The largest absolute Gasteiger partial charge is 0.364 e. The molecule has 2 rings (SSSR count). The van der Waals surface area contributed by atoms with Gasteiger partial charge in [-0.25, -0.2) is 0 Å². The molecule has 2 aromatic rings. The molecule has 1 aromatic carbocycles. The standard InChI is InChI=1S/C16H19N3O2/c1-11-8-15(20)14(10-18-11)16(21)19-13-6-2-4-12(9-13)5-3-7-17/h2,4,6,8-10H,3,5,7,17H2,1H3,(H,18,20)(H,19,21). The lowest BCUT2D eigenvalue weighted by Crippen LogP contribution is -2.21. The van der Waals surface area contributed by atoms with Crippen LogP contribution in [0.1, 0.15) is 28.0 Å². The first-order valence-corrected chi connectivity index (χ1v) is 6.90. The van der Waals surface area contributed by atoms with E-state index in [9.17, 15) is 9.59 Å². The summed E-state index contributed by atoms with van der Waals surface area (Å²) < 4.78 is 0. The first kappa shape index (κ1) is 15.0. The van der Waals surface area contributed by atoms with Gasteiger partial charge in [0.2, 0.25) is 0 Å². The monoisotopic (exact) mass is 285 g/mol. The molecule has 0 bridgehead atoms. The second-order valence-electron chi connectivity index (χ2n) is 4.94. The molecule has 4 N–H and O–H groups in total. The molecule has 0 spiro atoms. The summed E-state index contributed by atoms with van der Waals surface area (Å²) in [5.41, 5.74) is 7.81. The van der Waals surface area contributed by atoms with Crippen LogP contribution in [0.25, 0.3) is 0 Å². The second kappa shape index (κ2) is 6.85. The Morgan fingerprint density at radius 3 is 2.86 bits per heavy atom. The maximum atomic E-state index is 12.1. The zero-order valence-electron chi connectivity index (χ0n) is 12.0. The molecule has 0 unspecified atom stereocenters. The summed E-state index contributed by atoms with van der Waals surface area (Å²) in [5.74, 6) is -0.410. The second-order valence-corrected chi connectivity index (χ2v) is 4.94. The molecular weight excluding hydrogens is 266 g/mol. The lowest BCUT2D eigenvalue weighted by atomic mass is 10.1. The van der Waals surface area contributed by atoms with Crippen molar-refractivity contribution in [1.29, 1.82) is 0 Å². The van der Waals surface area contributed by atoms with Gasteiger partial charge in [0.25, 0.3) is 5.91 Å². The average Bonchev–Trinajstić information content (AvgIpc) is 2.45. The van der Waals surface area contributed by atoms with E-state index < -0.39 is 5.91 Å². The summed E-state index contributed by atoms with van der Waals surface area (Å²) >= 11 is 0. The fourth-order valence-corrected chi connectivity index (χ4v) is 2.06. The van der Waals surface area contributed by atoms with Crippen LogP contribution in [-0.2, 0) is 6.42 Å². The van der Waals surface area contributed by atoms with Crippen LogP contribution in [0.4, 0.5) is 5.69 Å². The van der Waals surface area contributed by atoms with Crippen molar-refractivity contribution in [3.05, 3.63) is 63.6 Å². The molecule has 0 fully saturated rings. The maximum Gasteiger partial charge on any atom is 0.261 e. The molecule has 0 atom stereocenters. The zero-order chi connectivity index (χ0) is 15.2. The number of amides is 1. The number of aromatic nitrogens is 1. The number of aromatic amines is 1. The highest BCUT2D eigenvalue weighted by molar-refractivity contribution is 6.04. The van der Waals surface area contributed by atoms with Gasteiger partial charge >= 0.3 is 0 Å². The first-order valence-electron chi connectivity index (χ1n) is 6.90. The molecule has 1 aromatic heterocycles. The molecule has 110 valence electrons. The molecule has 0 saturated carbocycles. The SMILES string of the molecule is Cc1cc(=O)c(C(=O)Nc2cccc(CCCN)c2)c[nH]1. The van der Waals surface area contributed by atoms with Crippen LogP contribution < -0.4 is 16.5 Å². The fraction of sp³-hybridized carbons (Fsp3) is 0.250. The highest BCUT2D eigenvalue weighted by Gasteiger charge is 2.10. The van der Waals surface area contributed by atoms with Gasteiger partial charge in [-0.2, -0.15) is 0 Å². The van der Waals surface area contributed by atoms with Gasteiger partial charge in [0, 0.05) is 23.6 Å². The van der Waals surface area contributed by atoms with Gasteiger partial charge in [0.1, 0.15) is 5.56 Å². The van der Waals surface area contributed by atoms with Crippen molar-refractivity contribution in [3.8, 4) is 0 Å². The van der Waals surface area contributed by atoms with Crippen molar-refractivity contribution in [2.24, 2.45) is 5.73 Å². The fourth-order valence-electron chi connectivity index (χ4n) is 2.06. The van der Waals surface area contributed by atoms with Crippen molar-refractivity contribution in [2.45, 2.75) is 19.8 Å². The Labute approximate surface area is 123 Å². The highest BCUT2D eigenvalue weighted by Crippen LogP contribution is 2.13. The number of nitrogens with one attached hydrogen (secondary N) is 2. The molecule has 21 heavy (non-hydrogen) atoms. The number of hydrogen-bond donors (Lipinski definition) is 3. The number of H-pyrrole nitrogens is 1. The van der Waals surface area contributed by atoms with Crippen LogP contribution in [0, 0.1) is 6.92 Å². The lowest BCUT2D eigenvalue weighted by Gasteiger charge is -2.07. The van der Waals surface area contributed by atoms with Crippen LogP contribution in [0.15, 0.2) is 41.3 Å². The summed E-state index contributed by atoms with van der Waals surface area (Å²) in [6, 6.07) is 8.97. The summed E-state index contributed by atoms with van der Waals surface area (Å²) in [6.07, 6.45) is 3.20. The number of carbonyl (C=O) groups excluding carboxylic acids is 1. The van der Waals surface area contributed by atoms with E-state index in [1.54, 1.807) is 13.0 Å². The van der Waals surface area contributed by atoms with E-state index in [0.29, 0.717) is 12.2 Å². The summed E-state index contributed by atoms with van der Waals surface area (Å²) in [6.45, 7) is 2.40. The minimum absolute atomic E-state index is 0.105. The molecular formula is C16H19N3O2. The van der Waals surface area contributed by atoms with Crippen molar-refractivity contribution >= 4 is 11.6 Å². The van der Waals surface area contributed by atoms with Crippen molar-refractivity contribution in [3.63, 3.8) is 0 Å². The quantitative estimate of drug-likeness (QED) is 0.783. The van der Waals surface area contributed by atoms with E-state index in [1.165, 1.54) is 12.3 Å². The topological polar surface area (TPSA) is 88.0 Å². The molecule has 0 saturated heterocycles. The number of hydrogen-bond acceptors (Lipinski definition) is 3. The van der Waals surface area contributed by atoms with Gasteiger partial charge in [0.05, 0.1) is 0 Å². The summed E-state index contributed by atoms with van der Waals surface area (Å²) in [4.78, 5) is 26.8. The predicted molar refractivity (Wildman–Crippen MR) is 83.6 cm³/mol. The Kier molecular flexibility index (Phi) is 4.90. The van der Waals surface area contributed by atoms with E-state index >= 15 is 0 Å². The third kappa shape index (κ3) is 4.03. The number of rotatable bonds is 5. The van der Waals surface area contributed by atoms with Crippen LogP contribution in [0.5, 0.6) is 0 Å². The molecule has 5 heteroatoms. The number of nitrogens with two attached hydrogens (primary N) is 1. The van der Waals surface area contributed by atoms with Crippen LogP contribution >= 0.6 is 0 Å². The van der Waals surface area contributed by atoms with Crippen LogP contribution in [-0.4, -0.2) is 17.4 Å².